The molecule has 0 radical (unpaired) electrons. The summed E-state index contributed by atoms with van der Waals surface area (Å²) >= 11 is 5.92. The largest absolute Gasteiger partial charge is 0.342 e. The Kier molecular flexibility index (Phi) is 3.66. The third-order valence-corrected chi connectivity index (χ3v) is 4.35. The van der Waals surface area contributed by atoms with Crippen molar-refractivity contribution in [3.8, 4) is 0 Å². The number of hydrogen-bond donors (Lipinski definition) is 1. The summed E-state index contributed by atoms with van der Waals surface area (Å²) in [6.07, 6.45) is 6.15. The second kappa shape index (κ2) is 5.44. The summed E-state index contributed by atoms with van der Waals surface area (Å²) in [7, 11) is 2.01. The molecule has 1 aliphatic carbocycles. The molecule has 2 aromatic rings. The van der Waals surface area contributed by atoms with Crippen molar-refractivity contribution >= 4 is 28.5 Å². The highest BCUT2D eigenvalue weighted by atomic mass is 35.5. The van der Waals surface area contributed by atoms with E-state index in [9.17, 15) is 4.79 Å². The van der Waals surface area contributed by atoms with E-state index in [4.69, 9.17) is 11.6 Å². The van der Waals surface area contributed by atoms with E-state index in [1.165, 1.54) is 32.1 Å². The zero-order valence-corrected chi connectivity index (χ0v) is 12.3. The van der Waals surface area contributed by atoms with E-state index in [1.807, 2.05) is 7.05 Å². The first-order valence-corrected chi connectivity index (χ1v) is 7.45. The van der Waals surface area contributed by atoms with Crippen LogP contribution in [0.1, 0.15) is 32.1 Å². The zero-order chi connectivity index (χ0) is 14.1. The fourth-order valence-corrected chi connectivity index (χ4v) is 3.08. The predicted molar refractivity (Wildman–Crippen MR) is 82.6 cm³/mol. The smallest absolute Gasteiger partial charge is 0.260 e. The molecule has 0 atom stereocenters. The van der Waals surface area contributed by atoms with E-state index in [-0.39, 0.29) is 5.56 Å². The number of nitrogens with zero attached hydrogens (tertiary/aromatic N) is 2. The molecule has 0 aliphatic heterocycles. The van der Waals surface area contributed by atoms with Crippen molar-refractivity contribution in [3.63, 3.8) is 0 Å². The van der Waals surface area contributed by atoms with Crippen molar-refractivity contribution < 1.29 is 0 Å². The predicted octanol–water partition coefficient (Wildman–Crippen LogP) is 3.35. The molecule has 1 aromatic heterocycles. The molecule has 106 valence electrons. The van der Waals surface area contributed by atoms with Gasteiger partial charge in [-0.1, -0.05) is 30.9 Å². The minimum atomic E-state index is -0.129. The molecule has 0 spiro atoms. The van der Waals surface area contributed by atoms with Crippen LogP contribution < -0.4 is 10.5 Å². The number of halogens is 1. The first-order chi connectivity index (χ1) is 9.65. The van der Waals surface area contributed by atoms with Crippen LogP contribution in [-0.4, -0.2) is 23.1 Å². The standard InChI is InChI=1S/C15H18ClN3O/c1-19(11-5-3-2-4-6-11)15-17-13-8-7-10(16)9-12(13)14(20)18-15/h7-9,11H,2-6H2,1H3,(H,17,18,20). The summed E-state index contributed by atoms with van der Waals surface area (Å²) in [5.74, 6) is 0.650. The summed E-state index contributed by atoms with van der Waals surface area (Å²) in [5.41, 5.74) is 0.561. The van der Waals surface area contributed by atoms with Crippen molar-refractivity contribution in [3.05, 3.63) is 33.6 Å². The summed E-state index contributed by atoms with van der Waals surface area (Å²) < 4.78 is 0. The van der Waals surface area contributed by atoms with Crippen molar-refractivity contribution in [2.45, 2.75) is 38.1 Å². The van der Waals surface area contributed by atoms with Crippen molar-refractivity contribution in [2.24, 2.45) is 0 Å². The Morgan fingerprint density at radius 1 is 1.30 bits per heavy atom. The number of benzene rings is 1. The fourth-order valence-electron chi connectivity index (χ4n) is 2.91. The molecule has 0 saturated heterocycles. The minimum absolute atomic E-state index is 0.129. The van der Waals surface area contributed by atoms with Gasteiger partial charge in [-0.3, -0.25) is 9.78 Å². The van der Waals surface area contributed by atoms with Gasteiger partial charge in [-0.25, -0.2) is 4.98 Å². The monoisotopic (exact) mass is 291 g/mol. The Morgan fingerprint density at radius 2 is 2.05 bits per heavy atom. The van der Waals surface area contributed by atoms with Crippen LogP contribution in [0, 0.1) is 0 Å². The molecule has 0 bridgehead atoms. The van der Waals surface area contributed by atoms with Crippen LogP contribution in [0.15, 0.2) is 23.0 Å². The van der Waals surface area contributed by atoms with Gasteiger partial charge < -0.3 is 4.90 Å². The maximum absolute atomic E-state index is 12.2. The number of anilines is 1. The highest BCUT2D eigenvalue weighted by Gasteiger charge is 2.20. The van der Waals surface area contributed by atoms with Gasteiger partial charge in [0.05, 0.1) is 10.9 Å². The highest BCUT2D eigenvalue weighted by molar-refractivity contribution is 6.31. The molecule has 0 unspecified atom stereocenters. The lowest BCUT2D eigenvalue weighted by Crippen LogP contribution is -2.35. The van der Waals surface area contributed by atoms with Gasteiger partial charge in [0.15, 0.2) is 0 Å². The van der Waals surface area contributed by atoms with E-state index >= 15 is 0 Å². The molecule has 1 fully saturated rings. The van der Waals surface area contributed by atoms with Gasteiger partial charge >= 0.3 is 0 Å². The number of fused-ring (bicyclic) bond motifs is 1. The Bertz CT molecular complexity index is 676. The van der Waals surface area contributed by atoms with Gasteiger partial charge in [0.2, 0.25) is 5.95 Å². The molecule has 4 nitrogen and oxygen atoms in total. The van der Waals surface area contributed by atoms with Gasteiger partial charge in [-0.15, -0.1) is 0 Å². The normalized spacial score (nSPS) is 16.5. The molecule has 3 rings (SSSR count). The van der Waals surface area contributed by atoms with E-state index in [0.29, 0.717) is 27.9 Å². The van der Waals surface area contributed by atoms with Crippen LogP contribution in [0.5, 0.6) is 0 Å². The number of aromatic nitrogens is 2. The number of nitrogens with one attached hydrogen (secondary N) is 1. The molecule has 5 heteroatoms. The molecule has 1 aromatic carbocycles. The van der Waals surface area contributed by atoms with Crippen LogP contribution in [-0.2, 0) is 0 Å². The molecule has 1 heterocycles. The molecule has 20 heavy (non-hydrogen) atoms. The molecular formula is C15H18ClN3O. The molecule has 0 amide bonds. The maximum Gasteiger partial charge on any atom is 0.260 e. The number of rotatable bonds is 2. The van der Waals surface area contributed by atoms with Crippen LogP contribution in [0.3, 0.4) is 0 Å². The Balaban J connectivity index is 1.99. The van der Waals surface area contributed by atoms with E-state index in [2.05, 4.69) is 14.9 Å². The van der Waals surface area contributed by atoms with Gasteiger partial charge in [0.25, 0.3) is 5.56 Å². The van der Waals surface area contributed by atoms with Crippen LogP contribution in [0.2, 0.25) is 5.02 Å². The zero-order valence-electron chi connectivity index (χ0n) is 11.5. The van der Waals surface area contributed by atoms with Crippen molar-refractivity contribution in [1.29, 1.82) is 0 Å². The summed E-state index contributed by atoms with van der Waals surface area (Å²) in [6.45, 7) is 0. The Labute approximate surface area is 122 Å². The second-order valence-corrected chi connectivity index (χ2v) is 5.89. The average molecular weight is 292 g/mol. The van der Waals surface area contributed by atoms with Crippen LogP contribution >= 0.6 is 11.6 Å². The number of H-pyrrole nitrogens is 1. The quantitative estimate of drug-likeness (QED) is 0.923. The molecular weight excluding hydrogens is 274 g/mol. The lowest BCUT2D eigenvalue weighted by atomic mass is 9.95. The SMILES string of the molecule is CN(c1nc2ccc(Cl)cc2c(=O)[nH]1)C1CCCCC1. The highest BCUT2D eigenvalue weighted by Crippen LogP contribution is 2.24. The topological polar surface area (TPSA) is 49.0 Å². The maximum atomic E-state index is 12.2. The molecule has 1 saturated carbocycles. The molecule has 1 N–H and O–H groups in total. The van der Waals surface area contributed by atoms with E-state index in [1.54, 1.807) is 18.2 Å². The van der Waals surface area contributed by atoms with Crippen molar-refractivity contribution in [2.75, 3.05) is 11.9 Å². The second-order valence-electron chi connectivity index (χ2n) is 5.45. The summed E-state index contributed by atoms with van der Waals surface area (Å²) in [6, 6.07) is 5.69. The third-order valence-electron chi connectivity index (χ3n) is 4.11. The Morgan fingerprint density at radius 3 is 2.80 bits per heavy atom. The van der Waals surface area contributed by atoms with Gasteiger partial charge in [0.1, 0.15) is 0 Å². The lowest BCUT2D eigenvalue weighted by Gasteiger charge is -2.31. The van der Waals surface area contributed by atoms with E-state index < -0.39 is 0 Å². The summed E-state index contributed by atoms with van der Waals surface area (Å²) in [5, 5.41) is 1.09. The van der Waals surface area contributed by atoms with Crippen LogP contribution in [0.25, 0.3) is 10.9 Å². The average Bonchev–Trinajstić information content (AvgIpc) is 2.48. The van der Waals surface area contributed by atoms with Gasteiger partial charge in [0, 0.05) is 18.1 Å². The minimum Gasteiger partial charge on any atom is -0.342 e. The van der Waals surface area contributed by atoms with Crippen LogP contribution in [0.4, 0.5) is 5.95 Å². The third kappa shape index (κ3) is 2.52. The first-order valence-electron chi connectivity index (χ1n) is 7.07. The molecule has 1 aliphatic rings. The fraction of sp³-hybridized carbons (Fsp3) is 0.467. The van der Waals surface area contributed by atoms with Gasteiger partial charge in [-0.2, -0.15) is 0 Å². The van der Waals surface area contributed by atoms with E-state index in [0.717, 1.165) is 0 Å². The van der Waals surface area contributed by atoms with Gasteiger partial charge in [-0.05, 0) is 31.0 Å². The lowest BCUT2D eigenvalue weighted by molar-refractivity contribution is 0.424. The summed E-state index contributed by atoms with van der Waals surface area (Å²) in [4.78, 5) is 21.7. The van der Waals surface area contributed by atoms with Crippen molar-refractivity contribution in [1.82, 2.24) is 9.97 Å². The number of aromatic amines is 1. The number of hydrogen-bond acceptors (Lipinski definition) is 3. The first kappa shape index (κ1) is 13.4. The Hall–Kier alpha value is -1.55.